The predicted molar refractivity (Wildman–Crippen MR) is 70.9 cm³/mol. The summed E-state index contributed by atoms with van der Waals surface area (Å²) in [6.07, 6.45) is 0.718. The molecule has 0 radical (unpaired) electrons. The highest BCUT2D eigenvalue weighted by Gasteiger charge is 2.23. The van der Waals surface area contributed by atoms with Gasteiger partial charge in [0.05, 0.1) is 9.82 Å². The van der Waals surface area contributed by atoms with Gasteiger partial charge in [-0.3, -0.25) is 10.1 Å². The number of nitro groups is 1. The first-order valence-corrected chi connectivity index (χ1v) is 7.40. The SMILES string of the molecule is CCC(CCO)NS(=O)(=O)c1ccc(O)c([N+](=O)[O-])c1. The molecule has 9 heteroatoms. The van der Waals surface area contributed by atoms with Gasteiger partial charge >= 0.3 is 5.69 Å². The lowest BCUT2D eigenvalue weighted by molar-refractivity contribution is -0.386. The molecule has 0 aliphatic carbocycles. The van der Waals surface area contributed by atoms with Crippen molar-refractivity contribution >= 4 is 15.7 Å². The Morgan fingerprint density at radius 3 is 2.60 bits per heavy atom. The highest BCUT2D eigenvalue weighted by Crippen LogP contribution is 2.28. The zero-order valence-electron chi connectivity index (χ0n) is 10.8. The van der Waals surface area contributed by atoms with Crippen molar-refractivity contribution in [1.82, 2.24) is 4.72 Å². The molecule has 3 N–H and O–H groups in total. The first kappa shape index (κ1) is 16.3. The Kier molecular flexibility index (Phi) is 5.43. The molecule has 0 aliphatic heterocycles. The van der Waals surface area contributed by atoms with E-state index < -0.39 is 32.4 Å². The van der Waals surface area contributed by atoms with E-state index in [0.717, 1.165) is 18.2 Å². The van der Waals surface area contributed by atoms with E-state index in [-0.39, 0.29) is 17.9 Å². The molecule has 112 valence electrons. The van der Waals surface area contributed by atoms with Crippen LogP contribution < -0.4 is 4.72 Å². The molecule has 1 aromatic rings. The lowest BCUT2D eigenvalue weighted by atomic mass is 10.2. The quantitative estimate of drug-likeness (QED) is 0.503. The number of benzene rings is 1. The minimum absolute atomic E-state index is 0.170. The number of nitrogens with one attached hydrogen (secondary N) is 1. The third-order valence-corrected chi connectivity index (χ3v) is 4.26. The predicted octanol–water partition coefficient (Wildman–Crippen LogP) is 0.740. The van der Waals surface area contributed by atoms with Crippen molar-refractivity contribution in [2.24, 2.45) is 0 Å². The van der Waals surface area contributed by atoms with Crippen LogP contribution >= 0.6 is 0 Å². The molecule has 1 rings (SSSR count). The van der Waals surface area contributed by atoms with E-state index in [4.69, 9.17) is 5.11 Å². The van der Waals surface area contributed by atoms with Crippen LogP contribution in [0.3, 0.4) is 0 Å². The molecule has 0 aromatic heterocycles. The largest absolute Gasteiger partial charge is 0.502 e. The zero-order valence-corrected chi connectivity index (χ0v) is 11.6. The summed E-state index contributed by atoms with van der Waals surface area (Å²) in [5.41, 5.74) is -0.678. The van der Waals surface area contributed by atoms with Gasteiger partial charge in [-0.1, -0.05) is 6.92 Å². The van der Waals surface area contributed by atoms with Crippen LogP contribution in [0.2, 0.25) is 0 Å². The molecule has 0 spiro atoms. The van der Waals surface area contributed by atoms with Gasteiger partial charge in [-0.25, -0.2) is 13.1 Å². The second kappa shape index (κ2) is 6.64. The molecule has 0 aliphatic rings. The van der Waals surface area contributed by atoms with E-state index in [1.165, 1.54) is 0 Å². The van der Waals surface area contributed by atoms with E-state index in [1.807, 2.05) is 0 Å². The van der Waals surface area contributed by atoms with E-state index in [1.54, 1.807) is 6.92 Å². The number of nitro benzene ring substituents is 1. The summed E-state index contributed by atoms with van der Waals surface area (Å²) in [6, 6.07) is 2.37. The van der Waals surface area contributed by atoms with Crippen LogP contribution in [0.4, 0.5) is 5.69 Å². The fourth-order valence-electron chi connectivity index (χ4n) is 1.61. The van der Waals surface area contributed by atoms with Gasteiger partial charge < -0.3 is 10.2 Å². The maximum Gasteiger partial charge on any atom is 0.312 e. The summed E-state index contributed by atoms with van der Waals surface area (Å²) in [4.78, 5) is 9.51. The highest BCUT2D eigenvalue weighted by molar-refractivity contribution is 7.89. The van der Waals surface area contributed by atoms with Crippen molar-refractivity contribution in [3.63, 3.8) is 0 Å². The monoisotopic (exact) mass is 304 g/mol. The summed E-state index contributed by atoms with van der Waals surface area (Å²) in [7, 11) is -3.94. The van der Waals surface area contributed by atoms with E-state index >= 15 is 0 Å². The number of hydrogen-bond donors (Lipinski definition) is 3. The Balaban J connectivity index is 3.09. The number of sulfonamides is 1. The van der Waals surface area contributed by atoms with Crippen LogP contribution in [0.15, 0.2) is 23.1 Å². The summed E-state index contributed by atoms with van der Waals surface area (Å²) in [6.45, 7) is 1.58. The Morgan fingerprint density at radius 2 is 2.10 bits per heavy atom. The van der Waals surface area contributed by atoms with Crippen LogP contribution in [-0.2, 0) is 10.0 Å². The van der Waals surface area contributed by atoms with Crippen LogP contribution in [0.25, 0.3) is 0 Å². The Morgan fingerprint density at radius 1 is 1.45 bits per heavy atom. The first-order valence-electron chi connectivity index (χ1n) is 5.92. The second-order valence-electron chi connectivity index (χ2n) is 4.15. The lowest BCUT2D eigenvalue weighted by Crippen LogP contribution is -2.35. The highest BCUT2D eigenvalue weighted by atomic mass is 32.2. The van der Waals surface area contributed by atoms with Crippen molar-refractivity contribution in [1.29, 1.82) is 0 Å². The molecule has 0 fully saturated rings. The van der Waals surface area contributed by atoms with Crippen molar-refractivity contribution in [3.05, 3.63) is 28.3 Å². The number of phenols is 1. The summed E-state index contributed by atoms with van der Waals surface area (Å²) < 4.78 is 26.5. The Hall–Kier alpha value is -1.71. The third-order valence-electron chi connectivity index (χ3n) is 2.75. The van der Waals surface area contributed by atoms with Crippen molar-refractivity contribution in [2.75, 3.05) is 6.61 Å². The number of phenolic OH excluding ortho intramolecular Hbond substituents is 1. The molecule has 0 bridgehead atoms. The van der Waals surface area contributed by atoms with Gasteiger partial charge in [0.15, 0.2) is 5.75 Å². The zero-order chi connectivity index (χ0) is 15.3. The molecule has 0 saturated heterocycles. The van der Waals surface area contributed by atoms with Crippen LogP contribution in [0, 0.1) is 10.1 Å². The molecule has 1 aromatic carbocycles. The lowest BCUT2D eigenvalue weighted by Gasteiger charge is -2.15. The minimum Gasteiger partial charge on any atom is -0.502 e. The smallest absolute Gasteiger partial charge is 0.312 e. The van der Waals surface area contributed by atoms with E-state index in [9.17, 15) is 23.6 Å². The molecule has 0 saturated carbocycles. The standard InChI is InChI=1S/C11H16N2O6S/c1-2-8(5-6-14)12-20(18,19)9-3-4-11(15)10(7-9)13(16)17/h3-4,7-8,12,14-15H,2,5-6H2,1H3. The Bertz CT molecular complexity index is 587. The van der Waals surface area contributed by atoms with Crippen LogP contribution in [-0.4, -0.2) is 36.2 Å². The van der Waals surface area contributed by atoms with Crippen LogP contribution in [0.5, 0.6) is 5.75 Å². The van der Waals surface area contributed by atoms with Crippen molar-refractivity contribution in [3.8, 4) is 5.75 Å². The molecule has 0 heterocycles. The molecular weight excluding hydrogens is 288 g/mol. The molecule has 8 nitrogen and oxygen atoms in total. The fourth-order valence-corrected chi connectivity index (χ4v) is 2.98. The summed E-state index contributed by atoms with van der Waals surface area (Å²) >= 11 is 0. The molecule has 20 heavy (non-hydrogen) atoms. The molecule has 0 amide bonds. The van der Waals surface area contributed by atoms with E-state index in [0.29, 0.717) is 6.42 Å². The van der Waals surface area contributed by atoms with Crippen LogP contribution in [0.1, 0.15) is 19.8 Å². The average molecular weight is 304 g/mol. The molecule has 1 unspecified atom stereocenters. The fraction of sp³-hybridized carbons (Fsp3) is 0.455. The maximum atomic E-state index is 12.1. The summed E-state index contributed by atoms with van der Waals surface area (Å²) in [5.74, 6) is -0.601. The number of aromatic hydroxyl groups is 1. The second-order valence-corrected chi connectivity index (χ2v) is 5.86. The number of rotatable bonds is 7. The normalized spacial score (nSPS) is 13.1. The first-order chi connectivity index (χ1) is 9.31. The maximum absolute atomic E-state index is 12.1. The summed E-state index contributed by atoms with van der Waals surface area (Å²) in [5, 5.41) is 28.8. The third kappa shape index (κ3) is 3.89. The number of aliphatic hydroxyl groups is 1. The van der Waals surface area contributed by atoms with Gasteiger partial charge in [0.1, 0.15) is 0 Å². The van der Waals surface area contributed by atoms with Gasteiger partial charge in [-0.05, 0) is 25.0 Å². The topological polar surface area (TPSA) is 130 Å². The minimum atomic E-state index is -3.94. The van der Waals surface area contributed by atoms with Gasteiger partial charge in [0.2, 0.25) is 10.0 Å². The van der Waals surface area contributed by atoms with Gasteiger partial charge in [-0.2, -0.15) is 0 Å². The number of hydrogen-bond acceptors (Lipinski definition) is 6. The average Bonchev–Trinajstić information content (AvgIpc) is 2.37. The van der Waals surface area contributed by atoms with E-state index in [2.05, 4.69) is 4.72 Å². The number of aliphatic hydroxyl groups excluding tert-OH is 1. The van der Waals surface area contributed by atoms with Gasteiger partial charge in [0, 0.05) is 18.7 Å². The number of nitrogens with zero attached hydrogens (tertiary/aromatic N) is 1. The van der Waals surface area contributed by atoms with Gasteiger partial charge in [0.25, 0.3) is 0 Å². The molecular formula is C11H16N2O6S. The van der Waals surface area contributed by atoms with Gasteiger partial charge in [-0.15, -0.1) is 0 Å². The molecule has 1 atom stereocenters. The Labute approximate surface area is 116 Å². The van der Waals surface area contributed by atoms with Crippen molar-refractivity contribution < 1.29 is 23.6 Å². The van der Waals surface area contributed by atoms with Crippen molar-refractivity contribution in [2.45, 2.75) is 30.7 Å².